The van der Waals surface area contributed by atoms with Crippen LogP contribution in [0.5, 0.6) is 5.75 Å². The van der Waals surface area contributed by atoms with Crippen molar-refractivity contribution in [2.75, 3.05) is 0 Å². The zero-order valence-electron chi connectivity index (χ0n) is 8.96. The van der Waals surface area contributed by atoms with E-state index in [-0.39, 0.29) is 0 Å². The highest BCUT2D eigenvalue weighted by atomic mass is 32.2. The Morgan fingerprint density at radius 3 is 2.00 bits per heavy atom. The van der Waals surface area contributed by atoms with Crippen molar-refractivity contribution >= 4 is 29.6 Å². The fourth-order valence-electron chi connectivity index (χ4n) is 1.62. The van der Waals surface area contributed by atoms with Crippen LogP contribution in [0.1, 0.15) is 5.56 Å². The van der Waals surface area contributed by atoms with Crippen molar-refractivity contribution in [3.63, 3.8) is 0 Å². The third-order valence-electron chi connectivity index (χ3n) is 2.45. The second kappa shape index (κ2) is 4.51. The van der Waals surface area contributed by atoms with Crippen molar-refractivity contribution in [2.45, 2.75) is 9.79 Å². The molecule has 0 spiro atoms. The lowest BCUT2D eigenvalue weighted by molar-refractivity contribution is 0.475. The molecule has 1 nitrogen and oxygen atoms in total. The molecule has 1 heterocycles. The van der Waals surface area contributed by atoms with E-state index in [0.717, 1.165) is 5.56 Å². The zero-order chi connectivity index (χ0) is 11.7. The Balaban J connectivity index is 1.87. The van der Waals surface area contributed by atoms with Gasteiger partial charge in [0, 0.05) is 9.79 Å². The topological polar surface area (TPSA) is 20.2 Å². The number of phenolic OH excluding ortho intramolecular Hbond substituents is 1. The van der Waals surface area contributed by atoms with Crippen LogP contribution in [0.15, 0.2) is 62.6 Å². The molecular formula is C14H10OS2. The molecule has 0 amide bonds. The van der Waals surface area contributed by atoms with E-state index >= 15 is 0 Å². The second-order valence-corrected chi connectivity index (χ2v) is 6.13. The smallest absolute Gasteiger partial charge is 0.115 e. The molecule has 3 rings (SSSR count). The van der Waals surface area contributed by atoms with Crippen molar-refractivity contribution in [1.82, 2.24) is 0 Å². The third-order valence-corrected chi connectivity index (χ3v) is 4.87. The van der Waals surface area contributed by atoms with E-state index in [1.165, 1.54) is 14.0 Å². The van der Waals surface area contributed by atoms with Crippen LogP contribution in [0.2, 0.25) is 0 Å². The Labute approximate surface area is 109 Å². The van der Waals surface area contributed by atoms with E-state index in [2.05, 4.69) is 30.3 Å². The molecule has 1 aliphatic rings. The quantitative estimate of drug-likeness (QED) is 0.808. The number of hydrogen-bond donors (Lipinski definition) is 1. The minimum Gasteiger partial charge on any atom is -0.508 e. The van der Waals surface area contributed by atoms with Crippen molar-refractivity contribution in [3.05, 3.63) is 58.3 Å². The summed E-state index contributed by atoms with van der Waals surface area (Å²) in [7, 11) is 0. The maximum atomic E-state index is 9.23. The minimum absolute atomic E-state index is 0.308. The van der Waals surface area contributed by atoms with Gasteiger partial charge in [0.15, 0.2) is 0 Å². The lowest BCUT2D eigenvalue weighted by Crippen LogP contribution is -1.71. The first-order valence-electron chi connectivity index (χ1n) is 5.27. The number of phenols is 1. The van der Waals surface area contributed by atoms with Crippen molar-refractivity contribution in [3.8, 4) is 5.75 Å². The van der Waals surface area contributed by atoms with Crippen LogP contribution in [0.25, 0.3) is 6.08 Å². The van der Waals surface area contributed by atoms with Crippen molar-refractivity contribution in [2.24, 2.45) is 0 Å². The summed E-state index contributed by atoms with van der Waals surface area (Å²) in [6.45, 7) is 0. The Hall–Kier alpha value is -1.32. The normalized spacial score (nSPS) is 13.5. The fourth-order valence-corrected chi connectivity index (χ4v) is 4.03. The van der Waals surface area contributed by atoms with Crippen LogP contribution >= 0.6 is 23.5 Å². The van der Waals surface area contributed by atoms with Gasteiger partial charge in [-0.15, -0.1) is 0 Å². The molecule has 3 heteroatoms. The maximum Gasteiger partial charge on any atom is 0.115 e. The summed E-state index contributed by atoms with van der Waals surface area (Å²) >= 11 is 3.59. The van der Waals surface area contributed by atoms with Crippen LogP contribution < -0.4 is 0 Å². The van der Waals surface area contributed by atoms with Gasteiger partial charge in [0.1, 0.15) is 5.75 Å². The van der Waals surface area contributed by atoms with Crippen molar-refractivity contribution in [1.29, 1.82) is 0 Å². The van der Waals surface area contributed by atoms with Crippen LogP contribution in [-0.4, -0.2) is 5.11 Å². The summed E-state index contributed by atoms with van der Waals surface area (Å²) < 4.78 is 1.27. The number of hydrogen-bond acceptors (Lipinski definition) is 3. The Bertz CT molecular complexity index is 546. The largest absolute Gasteiger partial charge is 0.508 e. The molecular weight excluding hydrogens is 248 g/mol. The van der Waals surface area contributed by atoms with Gasteiger partial charge in [-0.05, 0) is 35.9 Å². The highest BCUT2D eigenvalue weighted by molar-refractivity contribution is 8.24. The molecule has 0 saturated heterocycles. The minimum atomic E-state index is 0.308. The molecule has 2 aromatic carbocycles. The van der Waals surface area contributed by atoms with Gasteiger partial charge in [-0.25, -0.2) is 0 Å². The first-order chi connectivity index (χ1) is 8.31. The Kier molecular flexibility index (Phi) is 2.87. The van der Waals surface area contributed by atoms with E-state index in [0.29, 0.717) is 5.75 Å². The highest BCUT2D eigenvalue weighted by Crippen LogP contribution is 2.51. The highest BCUT2D eigenvalue weighted by Gasteiger charge is 2.16. The maximum absolute atomic E-state index is 9.23. The summed E-state index contributed by atoms with van der Waals surface area (Å²) in [5.41, 5.74) is 1.12. The summed E-state index contributed by atoms with van der Waals surface area (Å²) in [5.74, 6) is 0.308. The predicted molar refractivity (Wildman–Crippen MR) is 74.2 cm³/mol. The molecule has 0 aromatic heterocycles. The first-order valence-corrected chi connectivity index (χ1v) is 6.90. The molecule has 84 valence electrons. The number of rotatable bonds is 1. The summed E-state index contributed by atoms with van der Waals surface area (Å²) in [5, 5.41) is 9.23. The molecule has 0 unspecified atom stereocenters. The van der Waals surface area contributed by atoms with Gasteiger partial charge in [0.25, 0.3) is 0 Å². The molecule has 0 atom stereocenters. The molecule has 0 aliphatic carbocycles. The van der Waals surface area contributed by atoms with Crippen LogP contribution in [-0.2, 0) is 0 Å². The van der Waals surface area contributed by atoms with Gasteiger partial charge in [-0.1, -0.05) is 47.8 Å². The number of fused-ring (bicyclic) bond motifs is 1. The summed E-state index contributed by atoms with van der Waals surface area (Å²) in [4.78, 5) is 2.64. The molecule has 0 bridgehead atoms. The van der Waals surface area contributed by atoms with E-state index in [9.17, 15) is 5.11 Å². The molecule has 2 aromatic rings. The fraction of sp³-hybridized carbons (Fsp3) is 0. The van der Waals surface area contributed by atoms with Gasteiger partial charge in [-0.2, -0.15) is 0 Å². The van der Waals surface area contributed by atoms with Crippen LogP contribution in [0.4, 0.5) is 0 Å². The summed E-state index contributed by atoms with van der Waals surface area (Å²) in [6, 6.07) is 15.7. The van der Waals surface area contributed by atoms with E-state index in [1.54, 1.807) is 35.7 Å². The van der Waals surface area contributed by atoms with Gasteiger partial charge < -0.3 is 5.11 Å². The third kappa shape index (κ3) is 2.35. The second-order valence-electron chi connectivity index (χ2n) is 3.71. The zero-order valence-corrected chi connectivity index (χ0v) is 10.6. The Morgan fingerprint density at radius 2 is 1.41 bits per heavy atom. The molecule has 0 saturated carbocycles. The van der Waals surface area contributed by atoms with Crippen LogP contribution in [0, 0.1) is 0 Å². The molecule has 0 radical (unpaired) electrons. The molecule has 1 N–H and O–H groups in total. The average molecular weight is 258 g/mol. The van der Waals surface area contributed by atoms with E-state index in [4.69, 9.17) is 0 Å². The molecule has 0 fully saturated rings. The van der Waals surface area contributed by atoms with Gasteiger partial charge in [0.2, 0.25) is 0 Å². The Morgan fingerprint density at radius 1 is 0.824 bits per heavy atom. The van der Waals surface area contributed by atoms with Crippen molar-refractivity contribution < 1.29 is 5.11 Å². The number of aromatic hydroxyl groups is 1. The molecule has 1 aliphatic heterocycles. The van der Waals surface area contributed by atoms with Crippen LogP contribution in [0.3, 0.4) is 0 Å². The monoisotopic (exact) mass is 258 g/mol. The predicted octanol–water partition coefficient (Wildman–Crippen LogP) is 4.59. The van der Waals surface area contributed by atoms with Gasteiger partial charge in [0.05, 0.1) is 4.24 Å². The lowest BCUT2D eigenvalue weighted by atomic mass is 10.2. The number of benzene rings is 2. The average Bonchev–Trinajstić information content (AvgIpc) is 2.74. The summed E-state index contributed by atoms with van der Waals surface area (Å²) in [6.07, 6.45) is 2.15. The van der Waals surface area contributed by atoms with Gasteiger partial charge >= 0.3 is 0 Å². The molecule has 17 heavy (non-hydrogen) atoms. The SMILES string of the molecule is Oc1ccc(C=C2Sc3ccccc3S2)cc1. The van der Waals surface area contributed by atoms with Gasteiger partial charge in [-0.3, -0.25) is 0 Å². The number of thioether (sulfide) groups is 2. The lowest BCUT2D eigenvalue weighted by Gasteiger charge is -1.96. The standard InChI is InChI=1S/C14H10OS2/c15-11-7-5-10(6-8-11)9-14-16-12-3-1-2-4-13(12)17-14/h1-9,15H. The van der Waals surface area contributed by atoms with E-state index < -0.39 is 0 Å². The first kappa shape index (κ1) is 10.8. The van der Waals surface area contributed by atoms with E-state index in [1.807, 2.05) is 12.1 Å².